The average molecular weight is 361 g/mol. The molecule has 0 saturated carbocycles. The monoisotopic (exact) mass is 360 g/mol. The number of nitrogens with one attached hydrogen (secondary N) is 1. The van der Waals surface area contributed by atoms with Crippen LogP contribution in [-0.4, -0.2) is 34.4 Å². The van der Waals surface area contributed by atoms with E-state index in [2.05, 4.69) is 15.4 Å². The lowest BCUT2D eigenvalue weighted by atomic mass is 10.1. The highest BCUT2D eigenvalue weighted by molar-refractivity contribution is 6.30. The minimum Gasteiger partial charge on any atom is -0.480 e. The molecule has 3 aromatic rings. The minimum absolute atomic E-state index is 0.206. The molecule has 2 aromatic heterocycles. The van der Waals surface area contributed by atoms with Gasteiger partial charge in [0.15, 0.2) is 5.65 Å². The Morgan fingerprint density at radius 1 is 1.24 bits per heavy atom. The molecular weight excluding hydrogens is 344 g/mol. The number of alkyl carbamates (subject to hydrolysis) is 1. The number of amides is 1. The molecule has 0 fully saturated rings. The summed E-state index contributed by atoms with van der Waals surface area (Å²) in [6.45, 7) is 2.26. The fourth-order valence-electron chi connectivity index (χ4n) is 2.41. The number of fused-ring (bicyclic) bond motifs is 1. The van der Waals surface area contributed by atoms with Gasteiger partial charge >= 0.3 is 6.09 Å². The lowest BCUT2D eigenvalue weighted by Crippen LogP contribution is -2.24. The fraction of sp³-hybridized carbons (Fsp3) is 0.235. The van der Waals surface area contributed by atoms with Crippen molar-refractivity contribution < 1.29 is 14.3 Å². The zero-order valence-electron chi connectivity index (χ0n) is 13.8. The molecular formula is C17H17ClN4O3. The van der Waals surface area contributed by atoms with Gasteiger partial charge in [-0.1, -0.05) is 23.7 Å². The second-order valence-corrected chi connectivity index (χ2v) is 5.57. The molecule has 0 bridgehead atoms. The summed E-state index contributed by atoms with van der Waals surface area (Å²) < 4.78 is 11.7. The Kier molecular flexibility index (Phi) is 5.04. The summed E-state index contributed by atoms with van der Waals surface area (Å²) in [7, 11) is 1.54. The number of carbonyl (C=O) groups excluding carboxylic acids is 1. The number of ether oxygens (including phenoxy) is 2. The van der Waals surface area contributed by atoms with Crippen LogP contribution >= 0.6 is 11.6 Å². The predicted octanol–water partition coefficient (Wildman–Crippen LogP) is 3.30. The zero-order chi connectivity index (χ0) is 17.8. The van der Waals surface area contributed by atoms with Gasteiger partial charge in [-0.05, 0) is 25.1 Å². The van der Waals surface area contributed by atoms with Crippen molar-refractivity contribution in [2.75, 3.05) is 13.7 Å². The molecule has 0 aliphatic carbocycles. The van der Waals surface area contributed by atoms with Gasteiger partial charge in [0.1, 0.15) is 0 Å². The quantitative estimate of drug-likeness (QED) is 0.755. The number of aromatic nitrogens is 3. The van der Waals surface area contributed by atoms with E-state index in [0.717, 1.165) is 5.56 Å². The first-order chi connectivity index (χ1) is 12.1. The lowest BCUT2D eigenvalue weighted by Gasteiger charge is -2.08. The van der Waals surface area contributed by atoms with Gasteiger partial charge in [0.25, 0.3) is 0 Å². The van der Waals surface area contributed by atoms with Crippen molar-refractivity contribution in [3.8, 4) is 17.1 Å². The van der Waals surface area contributed by atoms with Gasteiger partial charge in [0, 0.05) is 16.7 Å². The SMILES string of the molecule is CCOC(=O)NCc1c(-c2ccc(Cl)cc2)nc2ccc(OC)nn12. The van der Waals surface area contributed by atoms with Gasteiger partial charge in [-0.3, -0.25) is 0 Å². The molecule has 130 valence electrons. The molecule has 0 unspecified atom stereocenters. The third-order valence-corrected chi connectivity index (χ3v) is 3.80. The summed E-state index contributed by atoms with van der Waals surface area (Å²) in [6.07, 6.45) is -0.498. The maximum absolute atomic E-state index is 11.7. The number of nitrogens with zero attached hydrogens (tertiary/aromatic N) is 3. The van der Waals surface area contributed by atoms with Gasteiger partial charge < -0.3 is 14.8 Å². The number of methoxy groups -OCH3 is 1. The summed E-state index contributed by atoms with van der Waals surface area (Å²) in [5.41, 5.74) is 2.93. The Morgan fingerprint density at radius 2 is 2.00 bits per heavy atom. The number of rotatable bonds is 5. The number of halogens is 1. The molecule has 0 radical (unpaired) electrons. The zero-order valence-corrected chi connectivity index (χ0v) is 14.6. The highest BCUT2D eigenvalue weighted by Crippen LogP contribution is 2.26. The van der Waals surface area contributed by atoms with E-state index in [1.807, 2.05) is 12.1 Å². The Balaban J connectivity index is 2.06. The Bertz CT molecular complexity index is 893. The number of hydrogen-bond acceptors (Lipinski definition) is 5. The van der Waals surface area contributed by atoms with Crippen molar-refractivity contribution in [3.63, 3.8) is 0 Å². The molecule has 0 saturated heterocycles. The van der Waals surface area contributed by atoms with Gasteiger partial charge in [-0.2, -0.15) is 0 Å². The number of benzene rings is 1. The minimum atomic E-state index is -0.498. The maximum atomic E-state index is 11.7. The largest absolute Gasteiger partial charge is 0.480 e. The summed E-state index contributed by atoms with van der Waals surface area (Å²) in [5.74, 6) is 0.449. The third-order valence-electron chi connectivity index (χ3n) is 3.55. The van der Waals surface area contributed by atoms with Crippen LogP contribution in [0.4, 0.5) is 4.79 Å². The summed E-state index contributed by atoms with van der Waals surface area (Å²) in [6, 6.07) is 10.9. The van der Waals surface area contributed by atoms with Crippen molar-refractivity contribution in [1.29, 1.82) is 0 Å². The van der Waals surface area contributed by atoms with Crippen LogP contribution in [0.2, 0.25) is 5.02 Å². The summed E-state index contributed by atoms with van der Waals surface area (Å²) >= 11 is 5.97. The first-order valence-electron chi connectivity index (χ1n) is 7.71. The van der Waals surface area contributed by atoms with E-state index < -0.39 is 6.09 Å². The van der Waals surface area contributed by atoms with Crippen molar-refractivity contribution in [1.82, 2.24) is 19.9 Å². The molecule has 0 aliphatic heterocycles. The molecule has 25 heavy (non-hydrogen) atoms. The van der Waals surface area contributed by atoms with Crippen molar-refractivity contribution >= 4 is 23.3 Å². The van der Waals surface area contributed by atoms with E-state index in [0.29, 0.717) is 34.5 Å². The third kappa shape index (κ3) is 3.66. The molecule has 0 aliphatic rings. The van der Waals surface area contributed by atoms with Gasteiger partial charge in [0.2, 0.25) is 5.88 Å². The van der Waals surface area contributed by atoms with E-state index in [9.17, 15) is 4.79 Å². The molecule has 2 heterocycles. The average Bonchev–Trinajstić information content (AvgIpc) is 2.98. The second-order valence-electron chi connectivity index (χ2n) is 5.13. The highest BCUT2D eigenvalue weighted by Gasteiger charge is 2.17. The highest BCUT2D eigenvalue weighted by atomic mass is 35.5. The molecule has 1 aromatic carbocycles. The predicted molar refractivity (Wildman–Crippen MR) is 93.8 cm³/mol. The molecule has 1 N–H and O–H groups in total. The molecule has 1 amide bonds. The number of imidazole rings is 1. The summed E-state index contributed by atoms with van der Waals surface area (Å²) in [5, 5.41) is 7.74. The smallest absolute Gasteiger partial charge is 0.407 e. The standard InChI is InChI=1S/C17H17ClN4O3/c1-3-25-17(23)19-10-13-16(11-4-6-12(18)7-5-11)20-14-8-9-15(24-2)21-22(13)14/h4-9H,3,10H2,1-2H3,(H,19,23). The molecule has 7 nitrogen and oxygen atoms in total. The van der Waals surface area contributed by atoms with E-state index in [-0.39, 0.29) is 6.54 Å². The summed E-state index contributed by atoms with van der Waals surface area (Å²) in [4.78, 5) is 16.3. The van der Waals surface area contributed by atoms with Gasteiger partial charge in [-0.15, -0.1) is 5.10 Å². The first kappa shape index (κ1) is 17.0. The van der Waals surface area contributed by atoms with E-state index in [1.165, 1.54) is 0 Å². The topological polar surface area (TPSA) is 77.8 Å². The Morgan fingerprint density at radius 3 is 2.68 bits per heavy atom. The fourth-order valence-corrected chi connectivity index (χ4v) is 2.53. The van der Waals surface area contributed by atoms with Crippen LogP contribution in [0.3, 0.4) is 0 Å². The van der Waals surface area contributed by atoms with E-state index >= 15 is 0 Å². The van der Waals surface area contributed by atoms with Crippen LogP contribution in [0.25, 0.3) is 16.9 Å². The van der Waals surface area contributed by atoms with Crippen LogP contribution in [0.5, 0.6) is 5.88 Å². The number of carbonyl (C=O) groups is 1. The van der Waals surface area contributed by atoms with Crippen LogP contribution in [0, 0.1) is 0 Å². The van der Waals surface area contributed by atoms with Crippen molar-refractivity contribution in [2.24, 2.45) is 0 Å². The molecule has 0 spiro atoms. The van der Waals surface area contributed by atoms with Crippen LogP contribution < -0.4 is 10.1 Å². The van der Waals surface area contributed by atoms with Crippen molar-refractivity contribution in [3.05, 3.63) is 47.1 Å². The van der Waals surface area contributed by atoms with Gasteiger partial charge in [0.05, 0.1) is 31.6 Å². The van der Waals surface area contributed by atoms with E-state index in [1.54, 1.807) is 42.8 Å². The van der Waals surface area contributed by atoms with Crippen molar-refractivity contribution in [2.45, 2.75) is 13.5 Å². The lowest BCUT2D eigenvalue weighted by molar-refractivity contribution is 0.151. The van der Waals surface area contributed by atoms with Crippen LogP contribution in [-0.2, 0) is 11.3 Å². The Labute approximate surface area is 149 Å². The van der Waals surface area contributed by atoms with Crippen LogP contribution in [0.15, 0.2) is 36.4 Å². The van der Waals surface area contributed by atoms with E-state index in [4.69, 9.17) is 21.1 Å². The number of hydrogen-bond donors (Lipinski definition) is 1. The van der Waals surface area contributed by atoms with Crippen LogP contribution in [0.1, 0.15) is 12.6 Å². The second kappa shape index (κ2) is 7.40. The first-order valence-corrected chi connectivity index (χ1v) is 8.09. The maximum Gasteiger partial charge on any atom is 0.407 e. The molecule has 8 heteroatoms. The van der Waals surface area contributed by atoms with Gasteiger partial charge in [-0.25, -0.2) is 14.3 Å². The normalized spacial score (nSPS) is 10.7. The Hall–Kier alpha value is -2.80. The molecule has 3 rings (SSSR count). The molecule has 0 atom stereocenters.